The van der Waals surface area contributed by atoms with Crippen LogP contribution in [0.15, 0.2) is 24.3 Å². The molecule has 1 atom stereocenters. The van der Waals surface area contributed by atoms with E-state index in [1.807, 2.05) is 31.2 Å². The van der Waals surface area contributed by atoms with Gasteiger partial charge in [0.2, 0.25) is 0 Å². The Labute approximate surface area is 122 Å². The molecule has 0 bridgehead atoms. The van der Waals surface area contributed by atoms with Crippen LogP contribution in [0.4, 0.5) is 0 Å². The highest BCUT2D eigenvalue weighted by Crippen LogP contribution is 2.26. The van der Waals surface area contributed by atoms with Crippen LogP contribution in [0.5, 0.6) is 11.5 Å². The van der Waals surface area contributed by atoms with E-state index in [-0.39, 0.29) is 0 Å². The SMILES string of the molecule is CCOc1ccccc1OCCN(CC)C1CCNC1. The number of nitrogens with zero attached hydrogens (tertiary/aromatic N) is 1. The van der Waals surface area contributed by atoms with Gasteiger partial charge in [-0.05, 0) is 38.6 Å². The maximum atomic E-state index is 5.89. The van der Waals surface area contributed by atoms with Gasteiger partial charge in [0.1, 0.15) is 6.61 Å². The molecule has 1 unspecified atom stereocenters. The molecule has 4 heteroatoms. The van der Waals surface area contributed by atoms with Crippen LogP contribution in [-0.2, 0) is 0 Å². The zero-order chi connectivity index (χ0) is 14.2. The first-order valence-electron chi connectivity index (χ1n) is 7.64. The second-order valence-corrected chi connectivity index (χ2v) is 5.00. The Kier molecular flexibility index (Phi) is 6.15. The summed E-state index contributed by atoms with van der Waals surface area (Å²) in [5.74, 6) is 1.68. The molecule has 1 heterocycles. The molecule has 1 aromatic rings. The molecular weight excluding hydrogens is 252 g/mol. The molecule has 0 aliphatic carbocycles. The first-order chi connectivity index (χ1) is 9.85. The largest absolute Gasteiger partial charge is 0.490 e. The molecule has 20 heavy (non-hydrogen) atoms. The molecule has 0 saturated carbocycles. The van der Waals surface area contributed by atoms with E-state index in [0.717, 1.165) is 37.7 Å². The van der Waals surface area contributed by atoms with Crippen LogP contribution < -0.4 is 14.8 Å². The number of para-hydroxylation sites is 2. The van der Waals surface area contributed by atoms with Gasteiger partial charge in [-0.2, -0.15) is 0 Å². The Morgan fingerprint density at radius 3 is 2.55 bits per heavy atom. The number of hydrogen-bond donors (Lipinski definition) is 1. The topological polar surface area (TPSA) is 33.7 Å². The van der Waals surface area contributed by atoms with E-state index in [9.17, 15) is 0 Å². The van der Waals surface area contributed by atoms with Crippen molar-refractivity contribution in [3.8, 4) is 11.5 Å². The molecule has 0 aromatic heterocycles. The molecule has 1 aliphatic heterocycles. The van der Waals surface area contributed by atoms with Crippen LogP contribution in [0.2, 0.25) is 0 Å². The van der Waals surface area contributed by atoms with Gasteiger partial charge < -0.3 is 14.8 Å². The minimum absolute atomic E-state index is 0.658. The van der Waals surface area contributed by atoms with Crippen molar-refractivity contribution in [3.63, 3.8) is 0 Å². The summed E-state index contributed by atoms with van der Waals surface area (Å²) < 4.78 is 11.5. The van der Waals surface area contributed by atoms with Crippen molar-refractivity contribution in [2.75, 3.05) is 39.4 Å². The lowest BCUT2D eigenvalue weighted by atomic mass is 10.2. The summed E-state index contributed by atoms with van der Waals surface area (Å²) >= 11 is 0. The minimum atomic E-state index is 0.658. The molecule has 112 valence electrons. The summed E-state index contributed by atoms with van der Waals surface area (Å²) in [6.07, 6.45) is 1.24. The Bertz CT molecular complexity index is 392. The van der Waals surface area contributed by atoms with E-state index in [1.54, 1.807) is 0 Å². The quantitative estimate of drug-likeness (QED) is 0.790. The van der Waals surface area contributed by atoms with Crippen LogP contribution in [0.1, 0.15) is 20.3 Å². The molecule has 1 saturated heterocycles. The smallest absolute Gasteiger partial charge is 0.161 e. The predicted molar refractivity (Wildman–Crippen MR) is 81.6 cm³/mol. The Hall–Kier alpha value is -1.26. The summed E-state index contributed by atoms with van der Waals surface area (Å²) in [4.78, 5) is 2.49. The number of hydrogen-bond acceptors (Lipinski definition) is 4. The Morgan fingerprint density at radius 1 is 1.20 bits per heavy atom. The van der Waals surface area contributed by atoms with Gasteiger partial charge in [-0.15, -0.1) is 0 Å². The van der Waals surface area contributed by atoms with E-state index < -0.39 is 0 Å². The van der Waals surface area contributed by atoms with Crippen molar-refractivity contribution in [2.45, 2.75) is 26.3 Å². The fourth-order valence-electron chi connectivity index (χ4n) is 2.67. The number of likely N-dealkylation sites (N-methyl/N-ethyl adjacent to an activating group) is 1. The molecule has 0 amide bonds. The van der Waals surface area contributed by atoms with Crippen LogP contribution in [-0.4, -0.2) is 50.3 Å². The van der Waals surface area contributed by atoms with Crippen LogP contribution in [0, 0.1) is 0 Å². The maximum Gasteiger partial charge on any atom is 0.161 e. The van der Waals surface area contributed by atoms with Gasteiger partial charge in [0, 0.05) is 19.1 Å². The van der Waals surface area contributed by atoms with E-state index in [1.165, 1.54) is 6.42 Å². The average Bonchev–Trinajstić information content (AvgIpc) is 2.99. The lowest BCUT2D eigenvalue weighted by Crippen LogP contribution is -2.39. The number of benzene rings is 1. The lowest BCUT2D eigenvalue weighted by Gasteiger charge is -2.26. The summed E-state index contributed by atoms with van der Waals surface area (Å²) in [5.41, 5.74) is 0. The molecule has 1 N–H and O–H groups in total. The molecule has 0 radical (unpaired) electrons. The van der Waals surface area contributed by atoms with Gasteiger partial charge in [0.25, 0.3) is 0 Å². The summed E-state index contributed by atoms with van der Waals surface area (Å²) in [7, 11) is 0. The highest BCUT2D eigenvalue weighted by molar-refractivity contribution is 5.39. The molecule has 4 nitrogen and oxygen atoms in total. The van der Waals surface area contributed by atoms with Crippen LogP contribution in [0.3, 0.4) is 0 Å². The summed E-state index contributed by atoms with van der Waals surface area (Å²) in [5, 5.41) is 3.42. The fourth-order valence-corrected chi connectivity index (χ4v) is 2.67. The highest BCUT2D eigenvalue weighted by atomic mass is 16.5. The third kappa shape index (κ3) is 4.12. The summed E-state index contributed by atoms with van der Waals surface area (Å²) in [6.45, 7) is 9.84. The van der Waals surface area contributed by atoms with Crippen molar-refractivity contribution in [1.29, 1.82) is 0 Å². The monoisotopic (exact) mass is 278 g/mol. The van der Waals surface area contributed by atoms with Gasteiger partial charge in [-0.1, -0.05) is 19.1 Å². The molecular formula is C16H26N2O2. The van der Waals surface area contributed by atoms with Gasteiger partial charge in [0.05, 0.1) is 6.61 Å². The van der Waals surface area contributed by atoms with E-state index in [0.29, 0.717) is 19.3 Å². The Morgan fingerprint density at radius 2 is 1.95 bits per heavy atom. The van der Waals surface area contributed by atoms with Crippen molar-refractivity contribution < 1.29 is 9.47 Å². The number of nitrogens with one attached hydrogen (secondary N) is 1. The Balaban J connectivity index is 1.82. The van der Waals surface area contributed by atoms with E-state index >= 15 is 0 Å². The van der Waals surface area contributed by atoms with Gasteiger partial charge >= 0.3 is 0 Å². The first-order valence-corrected chi connectivity index (χ1v) is 7.64. The molecule has 1 fully saturated rings. The van der Waals surface area contributed by atoms with Gasteiger partial charge in [-0.3, -0.25) is 4.90 Å². The number of ether oxygens (including phenoxy) is 2. The average molecular weight is 278 g/mol. The number of rotatable bonds is 8. The van der Waals surface area contributed by atoms with Crippen LogP contribution in [0.25, 0.3) is 0 Å². The highest BCUT2D eigenvalue weighted by Gasteiger charge is 2.20. The van der Waals surface area contributed by atoms with Crippen molar-refractivity contribution in [1.82, 2.24) is 10.2 Å². The first kappa shape index (κ1) is 15.1. The second-order valence-electron chi connectivity index (χ2n) is 5.00. The zero-order valence-corrected chi connectivity index (χ0v) is 12.6. The van der Waals surface area contributed by atoms with Gasteiger partial charge in [-0.25, -0.2) is 0 Å². The van der Waals surface area contributed by atoms with E-state index in [4.69, 9.17) is 9.47 Å². The van der Waals surface area contributed by atoms with Crippen molar-refractivity contribution in [2.24, 2.45) is 0 Å². The van der Waals surface area contributed by atoms with E-state index in [2.05, 4.69) is 17.1 Å². The molecule has 1 aliphatic rings. The lowest BCUT2D eigenvalue weighted by molar-refractivity contribution is 0.171. The molecule has 1 aromatic carbocycles. The second kappa shape index (κ2) is 8.12. The third-order valence-corrected chi connectivity index (χ3v) is 3.74. The van der Waals surface area contributed by atoms with Crippen molar-refractivity contribution in [3.05, 3.63) is 24.3 Å². The fraction of sp³-hybridized carbons (Fsp3) is 0.625. The maximum absolute atomic E-state index is 5.89. The normalized spacial score (nSPS) is 18.4. The standard InChI is InChI=1S/C16H26N2O2/c1-3-18(14-9-10-17-13-14)11-12-20-16-8-6-5-7-15(16)19-4-2/h5-8,14,17H,3-4,9-13H2,1-2H3. The van der Waals surface area contributed by atoms with Gasteiger partial charge in [0.15, 0.2) is 11.5 Å². The van der Waals surface area contributed by atoms with Crippen LogP contribution >= 0.6 is 0 Å². The predicted octanol–water partition coefficient (Wildman–Crippen LogP) is 2.15. The molecule has 2 rings (SSSR count). The third-order valence-electron chi connectivity index (χ3n) is 3.74. The molecule has 0 spiro atoms. The van der Waals surface area contributed by atoms with Crippen molar-refractivity contribution >= 4 is 0 Å². The summed E-state index contributed by atoms with van der Waals surface area (Å²) in [6, 6.07) is 8.54. The minimum Gasteiger partial charge on any atom is -0.490 e. The zero-order valence-electron chi connectivity index (χ0n) is 12.6.